The van der Waals surface area contributed by atoms with Gasteiger partial charge in [0.15, 0.2) is 5.69 Å². The average molecular weight is 369 g/mol. The van der Waals surface area contributed by atoms with Crippen molar-refractivity contribution in [3.63, 3.8) is 0 Å². The molecular weight excluding hydrogens is 351 g/mol. The van der Waals surface area contributed by atoms with Crippen molar-refractivity contribution in [3.8, 4) is 0 Å². The van der Waals surface area contributed by atoms with Crippen LogP contribution in [-0.2, 0) is 10.2 Å². The number of nitrogens with one attached hydrogen (secondary N) is 1. The molecule has 0 saturated carbocycles. The van der Waals surface area contributed by atoms with Crippen LogP contribution < -0.4 is 5.32 Å². The normalized spacial score (nSPS) is 12.7. The first-order valence-corrected chi connectivity index (χ1v) is 7.90. The van der Waals surface area contributed by atoms with E-state index in [1.807, 2.05) is 20.8 Å². The summed E-state index contributed by atoms with van der Waals surface area (Å²) < 4.78 is 18.8. The van der Waals surface area contributed by atoms with Gasteiger partial charge in [-0.3, -0.25) is 9.59 Å². The van der Waals surface area contributed by atoms with E-state index in [-0.39, 0.29) is 21.7 Å². The highest BCUT2D eigenvalue weighted by Crippen LogP contribution is 2.25. The molecule has 0 radical (unpaired) electrons. The highest BCUT2D eigenvalue weighted by atomic mass is 35.5. The van der Waals surface area contributed by atoms with Crippen LogP contribution in [0.4, 0.5) is 4.39 Å². The summed E-state index contributed by atoms with van der Waals surface area (Å²) in [6, 6.07) is 4.42. The molecule has 1 aromatic heterocycles. The second-order valence-corrected chi connectivity index (χ2v) is 7.03. The number of carbonyl (C=O) groups is 2. The van der Waals surface area contributed by atoms with E-state index in [0.29, 0.717) is 5.76 Å². The molecule has 2 rings (SSSR count). The zero-order valence-corrected chi connectivity index (χ0v) is 14.7. The van der Waals surface area contributed by atoms with Gasteiger partial charge < -0.3 is 14.9 Å². The van der Waals surface area contributed by atoms with E-state index in [2.05, 4.69) is 10.5 Å². The molecule has 6 nitrogen and oxygen atoms in total. The number of hydrogen-bond acceptors (Lipinski definition) is 4. The molecule has 1 atom stereocenters. The van der Waals surface area contributed by atoms with Crippen LogP contribution in [0.25, 0.3) is 0 Å². The summed E-state index contributed by atoms with van der Waals surface area (Å²) in [5, 5.41) is 15.2. The molecule has 134 valence electrons. The van der Waals surface area contributed by atoms with Crippen molar-refractivity contribution in [3.05, 3.63) is 52.1 Å². The van der Waals surface area contributed by atoms with Crippen LogP contribution in [0.5, 0.6) is 0 Å². The van der Waals surface area contributed by atoms with E-state index in [0.717, 1.165) is 6.07 Å². The summed E-state index contributed by atoms with van der Waals surface area (Å²) in [5.41, 5.74) is -0.0161. The number of aromatic nitrogens is 1. The molecule has 1 aromatic carbocycles. The highest BCUT2D eigenvalue weighted by molar-refractivity contribution is 6.30. The molecular formula is C17H18ClFN2O4. The summed E-state index contributed by atoms with van der Waals surface area (Å²) in [4.78, 5) is 23.4. The third kappa shape index (κ3) is 4.79. The molecule has 0 aliphatic heterocycles. The Bertz CT molecular complexity index is 798. The van der Waals surface area contributed by atoms with Gasteiger partial charge in [-0.05, 0) is 17.7 Å². The van der Waals surface area contributed by atoms with Gasteiger partial charge in [0.05, 0.1) is 17.5 Å². The van der Waals surface area contributed by atoms with Gasteiger partial charge in [-0.1, -0.05) is 43.6 Å². The fourth-order valence-corrected chi connectivity index (χ4v) is 2.24. The van der Waals surface area contributed by atoms with E-state index in [1.165, 1.54) is 18.2 Å². The van der Waals surface area contributed by atoms with Crippen LogP contribution in [-0.4, -0.2) is 22.1 Å². The molecule has 0 fully saturated rings. The SMILES string of the molecule is CC(C)(C)c1cc(C(=O)NC(CC(=O)O)c2ccc(Cl)c(F)c2)no1. The molecule has 0 saturated heterocycles. The van der Waals surface area contributed by atoms with Gasteiger partial charge in [0.2, 0.25) is 0 Å². The van der Waals surface area contributed by atoms with Crippen molar-refractivity contribution in [1.29, 1.82) is 0 Å². The standard InChI is InChI=1S/C17H18ClFN2O4/c1-17(2,3)14-7-13(21-25-14)16(24)20-12(8-15(22)23)9-4-5-10(18)11(19)6-9/h4-7,12H,8H2,1-3H3,(H,20,24)(H,22,23). The zero-order chi connectivity index (χ0) is 18.8. The predicted molar refractivity (Wildman–Crippen MR) is 89.1 cm³/mol. The molecule has 1 heterocycles. The van der Waals surface area contributed by atoms with E-state index < -0.39 is 30.2 Å². The fourth-order valence-electron chi connectivity index (χ4n) is 2.12. The largest absolute Gasteiger partial charge is 0.481 e. The van der Waals surface area contributed by atoms with E-state index in [4.69, 9.17) is 21.2 Å². The number of nitrogens with zero attached hydrogens (tertiary/aromatic N) is 1. The van der Waals surface area contributed by atoms with Gasteiger partial charge in [0.1, 0.15) is 11.6 Å². The van der Waals surface area contributed by atoms with E-state index >= 15 is 0 Å². The Kier molecular flexibility index (Phi) is 5.47. The lowest BCUT2D eigenvalue weighted by atomic mass is 9.93. The number of amides is 1. The summed E-state index contributed by atoms with van der Waals surface area (Å²) >= 11 is 5.64. The summed E-state index contributed by atoms with van der Waals surface area (Å²) in [7, 11) is 0. The minimum atomic E-state index is -1.14. The lowest BCUT2D eigenvalue weighted by Gasteiger charge is -2.17. The monoisotopic (exact) mass is 368 g/mol. The van der Waals surface area contributed by atoms with Crippen molar-refractivity contribution < 1.29 is 23.6 Å². The number of aliphatic carboxylic acids is 1. The number of carboxylic acid groups (broad SMARTS) is 1. The molecule has 0 aliphatic carbocycles. The van der Waals surface area contributed by atoms with E-state index in [9.17, 15) is 14.0 Å². The predicted octanol–water partition coefficient (Wildman–Crippen LogP) is 3.71. The molecule has 1 unspecified atom stereocenters. The van der Waals surface area contributed by atoms with Gasteiger partial charge in [-0.25, -0.2) is 4.39 Å². The first-order valence-electron chi connectivity index (χ1n) is 7.52. The molecule has 2 aromatic rings. The quantitative estimate of drug-likeness (QED) is 0.839. The van der Waals surface area contributed by atoms with Crippen LogP contribution in [0.3, 0.4) is 0 Å². The minimum Gasteiger partial charge on any atom is -0.481 e. The second kappa shape index (κ2) is 7.23. The van der Waals surface area contributed by atoms with Gasteiger partial charge in [0.25, 0.3) is 5.91 Å². The van der Waals surface area contributed by atoms with Gasteiger partial charge in [-0.15, -0.1) is 0 Å². The Morgan fingerprint density at radius 3 is 2.56 bits per heavy atom. The lowest BCUT2D eigenvalue weighted by Crippen LogP contribution is -2.30. The minimum absolute atomic E-state index is 0.0229. The fraction of sp³-hybridized carbons (Fsp3) is 0.353. The summed E-state index contributed by atoms with van der Waals surface area (Å²) in [6.07, 6.45) is -0.420. The number of rotatable bonds is 5. The maximum atomic E-state index is 13.7. The molecule has 0 bridgehead atoms. The summed E-state index contributed by atoms with van der Waals surface area (Å²) in [6.45, 7) is 5.71. The van der Waals surface area contributed by atoms with Crippen molar-refractivity contribution in [2.75, 3.05) is 0 Å². The summed E-state index contributed by atoms with van der Waals surface area (Å²) in [5.74, 6) is -1.93. The molecule has 1 amide bonds. The number of carbonyl (C=O) groups excluding carboxylic acids is 1. The van der Waals surface area contributed by atoms with Crippen molar-refractivity contribution in [2.45, 2.75) is 38.6 Å². The molecule has 25 heavy (non-hydrogen) atoms. The van der Waals surface area contributed by atoms with Gasteiger partial charge in [-0.2, -0.15) is 0 Å². The third-order valence-electron chi connectivity index (χ3n) is 3.51. The zero-order valence-electron chi connectivity index (χ0n) is 14.0. The molecule has 8 heteroatoms. The van der Waals surface area contributed by atoms with Gasteiger partial charge >= 0.3 is 5.97 Å². The van der Waals surface area contributed by atoms with Crippen LogP contribution in [0.2, 0.25) is 5.02 Å². The average Bonchev–Trinajstić information content (AvgIpc) is 2.99. The van der Waals surface area contributed by atoms with Gasteiger partial charge in [0, 0.05) is 11.5 Å². The molecule has 2 N–H and O–H groups in total. The van der Waals surface area contributed by atoms with Crippen molar-refractivity contribution in [2.24, 2.45) is 0 Å². The number of benzene rings is 1. The Labute approximate surface area is 149 Å². The van der Waals surface area contributed by atoms with Crippen LogP contribution >= 0.6 is 11.6 Å². The van der Waals surface area contributed by atoms with Crippen LogP contribution in [0.15, 0.2) is 28.8 Å². The smallest absolute Gasteiger partial charge is 0.305 e. The molecule has 0 aliphatic rings. The Balaban J connectivity index is 2.24. The lowest BCUT2D eigenvalue weighted by molar-refractivity contribution is -0.137. The van der Waals surface area contributed by atoms with Crippen molar-refractivity contribution in [1.82, 2.24) is 10.5 Å². The van der Waals surface area contributed by atoms with Crippen molar-refractivity contribution >= 4 is 23.5 Å². The third-order valence-corrected chi connectivity index (χ3v) is 3.82. The Morgan fingerprint density at radius 2 is 2.04 bits per heavy atom. The number of carboxylic acids is 1. The van der Waals surface area contributed by atoms with Crippen LogP contribution in [0, 0.1) is 5.82 Å². The Morgan fingerprint density at radius 1 is 1.36 bits per heavy atom. The maximum absolute atomic E-state index is 13.7. The highest BCUT2D eigenvalue weighted by Gasteiger charge is 2.25. The second-order valence-electron chi connectivity index (χ2n) is 6.62. The number of hydrogen-bond donors (Lipinski definition) is 2. The first kappa shape index (κ1) is 18.9. The maximum Gasteiger partial charge on any atom is 0.305 e. The Hall–Kier alpha value is -2.41. The van der Waals surface area contributed by atoms with E-state index in [1.54, 1.807) is 0 Å². The molecule has 0 spiro atoms. The topological polar surface area (TPSA) is 92.4 Å². The van der Waals surface area contributed by atoms with Crippen LogP contribution in [0.1, 0.15) is 55.0 Å². The first-order chi connectivity index (χ1) is 11.6. The number of halogens is 2.